The second-order valence-corrected chi connectivity index (χ2v) is 5.45. The molecule has 1 aliphatic heterocycles. The summed E-state index contributed by atoms with van der Waals surface area (Å²) in [6, 6.07) is 5.64. The van der Waals surface area contributed by atoms with Gasteiger partial charge in [-0.3, -0.25) is 0 Å². The molecule has 0 amide bonds. The Hall–Kier alpha value is -0.805. The predicted molar refractivity (Wildman–Crippen MR) is 80.1 cm³/mol. The van der Waals surface area contributed by atoms with Crippen LogP contribution in [0.4, 0.5) is 0 Å². The molecule has 0 aromatic heterocycles. The average molecular weight is 280 g/mol. The van der Waals surface area contributed by atoms with Crippen LogP contribution >= 0.6 is 11.6 Å². The van der Waals surface area contributed by atoms with Crippen LogP contribution < -0.4 is 0 Å². The number of rotatable bonds is 3. The first-order chi connectivity index (χ1) is 8.99. The third-order valence-corrected chi connectivity index (χ3v) is 3.81. The van der Waals surface area contributed by atoms with E-state index in [0.717, 1.165) is 30.6 Å². The molecule has 102 valence electrons. The van der Waals surface area contributed by atoms with Gasteiger partial charge in [-0.05, 0) is 55.5 Å². The summed E-state index contributed by atoms with van der Waals surface area (Å²) in [6.07, 6.45) is 2.45. The molecule has 1 atom stereocenters. The topological polar surface area (TPSA) is 43.7 Å². The van der Waals surface area contributed by atoms with Gasteiger partial charge in [-0.1, -0.05) is 23.7 Å². The molecule has 0 fully saturated rings. The molecule has 3 nitrogen and oxygen atoms in total. The number of benzene rings is 1. The summed E-state index contributed by atoms with van der Waals surface area (Å²) >= 11 is 5.99. The zero-order chi connectivity index (χ0) is 14.0. The van der Waals surface area contributed by atoms with Gasteiger partial charge in [-0.15, -0.1) is 0 Å². The van der Waals surface area contributed by atoms with Crippen molar-refractivity contribution in [3.05, 3.63) is 40.4 Å². The largest absolute Gasteiger partial charge is 0.437 e. The zero-order valence-corrected chi connectivity index (χ0v) is 12.1. The number of halogens is 1. The Bertz CT molecular complexity index is 488. The van der Waals surface area contributed by atoms with Crippen molar-refractivity contribution in [2.75, 3.05) is 13.1 Å². The van der Waals surface area contributed by atoms with E-state index in [0.29, 0.717) is 5.02 Å². The van der Waals surface area contributed by atoms with Gasteiger partial charge in [0, 0.05) is 11.6 Å². The third kappa shape index (κ3) is 3.40. The van der Waals surface area contributed by atoms with Crippen molar-refractivity contribution >= 4 is 24.2 Å². The highest BCUT2D eigenvalue weighted by Crippen LogP contribution is 2.31. The molecule has 0 aliphatic carbocycles. The van der Waals surface area contributed by atoms with E-state index in [1.165, 1.54) is 5.57 Å². The van der Waals surface area contributed by atoms with Crippen LogP contribution in [-0.2, 0) is 0 Å². The van der Waals surface area contributed by atoms with Gasteiger partial charge in [-0.2, -0.15) is 0 Å². The molecule has 0 radical (unpaired) electrons. The van der Waals surface area contributed by atoms with Crippen molar-refractivity contribution < 1.29 is 10.1 Å². The molecule has 1 aromatic rings. The molecule has 1 heterocycles. The fraction of sp³-hybridized carbons (Fsp3) is 0.429. The number of nitrogens with zero attached hydrogens (tertiary/aromatic N) is 1. The molecule has 0 saturated heterocycles. The smallest absolute Gasteiger partial charge is 0.376 e. The lowest BCUT2D eigenvalue weighted by molar-refractivity contribution is 0.199. The molecule has 1 aromatic carbocycles. The zero-order valence-electron chi connectivity index (χ0n) is 11.3. The number of hydrogen-bond acceptors (Lipinski definition) is 3. The van der Waals surface area contributed by atoms with Gasteiger partial charge in [0.2, 0.25) is 0 Å². The van der Waals surface area contributed by atoms with Crippen molar-refractivity contribution in [3.63, 3.8) is 0 Å². The first kappa shape index (κ1) is 14.6. The van der Waals surface area contributed by atoms with Crippen LogP contribution in [0.1, 0.15) is 30.6 Å². The second-order valence-electron chi connectivity index (χ2n) is 5.01. The average Bonchev–Trinajstić information content (AvgIpc) is 2.38. The summed E-state index contributed by atoms with van der Waals surface area (Å²) in [7, 11) is -0.417. The molecule has 2 N–H and O–H groups in total. The molecular formula is C14H19BClNO2. The predicted octanol–water partition coefficient (Wildman–Crippen LogP) is 2.59. The summed E-state index contributed by atoms with van der Waals surface area (Å²) in [6.45, 7) is 5.09. The van der Waals surface area contributed by atoms with Gasteiger partial charge < -0.3 is 14.9 Å². The number of aliphatic hydroxyl groups excluding tert-OH is 1. The van der Waals surface area contributed by atoms with E-state index in [2.05, 4.69) is 6.08 Å². The SMILES string of the molecule is CB(O)N1CC=C(c2ccc(Cl)cc2[C@@H](C)O)CC1. The third-order valence-electron chi connectivity index (χ3n) is 3.58. The van der Waals surface area contributed by atoms with E-state index in [4.69, 9.17) is 11.6 Å². The van der Waals surface area contributed by atoms with Crippen LogP contribution in [0.3, 0.4) is 0 Å². The highest BCUT2D eigenvalue weighted by Gasteiger charge is 2.21. The maximum absolute atomic E-state index is 9.86. The molecule has 0 saturated carbocycles. The molecule has 0 spiro atoms. The van der Waals surface area contributed by atoms with Gasteiger partial charge in [-0.25, -0.2) is 0 Å². The Morgan fingerprint density at radius 3 is 2.68 bits per heavy atom. The summed E-state index contributed by atoms with van der Waals surface area (Å²) in [5, 5.41) is 20.1. The lowest BCUT2D eigenvalue weighted by Gasteiger charge is -2.28. The van der Waals surface area contributed by atoms with Crippen LogP contribution in [0.2, 0.25) is 11.8 Å². The van der Waals surface area contributed by atoms with Gasteiger partial charge in [0.1, 0.15) is 0 Å². The number of aliphatic hydroxyl groups is 1. The molecule has 5 heteroatoms. The highest BCUT2D eigenvalue weighted by molar-refractivity contribution is 6.45. The number of hydrogen-bond donors (Lipinski definition) is 2. The summed E-state index contributed by atoms with van der Waals surface area (Å²) in [4.78, 5) is 2.00. The molecule has 0 unspecified atom stereocenters. The first-order valence-electron chi connectivity index (χ1n) is 6.58. The lowest BCUT2D eigenvalue weighted by atomic mass is 9.82. The Balaban J connectivity index is 2.28. The molecule has 2 rings (SSSR count). The van der Waals surface area contributed by atoms with E-state index >= 15 is 0 Å². The van der Waals surface area contributed by atoms with E-state index in [9.17, 15) is 10.1 Å². The van der Waals surface area contributed by atoms with Crippen LogP contribution in [0.15, 0.2) is 24.3 Å². The van der Waals surface area contributed by atoms with Gasteiger partial charge in [0.15, 0.2) is 0 Å². The standard InChI is InChI=1S/C14H19BClNO2/c1-10(18)14-9-12(16)3-4-13(14)11-5-7-17(8-6-11)15(2)19/h3-5,9-10,18-19H,6-8H2,1-2H3/t10-/m1/s1. The summed E-state index contributed by atoms with van der Waals surface area (Å²) < 4.78 is 0. The van der Waals surface area contributed by atoms with E-state index < -0.39 is 13.2 Å². The van der Waals surface area contributed by atoms with Crippen LogP contribution in [0, 0.1) is 0 Å². The van der Waals surface area contributed by atoms with Crippen molar-refractivity contribution in [1.82, 2.24) is 4.81 Å². The fourth-order valence-corrected chi connectivity index (χ4v) is 2.62. The van der Waals surface area contributed by atoms with Gasteiger partial charge in [0.05, 0.1) is 6.10 Å². The Kier molecular flexibility index (Phi) is 4.69. The molecular weight excluding hydrogens is 260 g/mol. The molecule has 19 heavy (non-hydrogen) atoms. The first-order valence-corrected chi connectivity index (χ1v) is 6.96. The van der Waals surface area contributed by atoms with Crippen molar-refractivity contribution in [2.24, 2.45) is 0 Å². The molecule has 1 aliphatic rings. The van der Waals surface area contributed by atoms with Crippen LogP contribution in [-0.4, -0.2) is 35.1 Å². The van der Waals surface area contributed by atoms with Gasteiger partial charge in [0.25, 0.3) is 0 Å². The Labute approximate surface area is 119 Å². The van der Waals surface area contributed by atoms with Gasteiger partial charge >= 0.3 is 7.05 Å². The summed E-state index contributed by atoms with van der Waals surface area (Å²) in [5.41, 5.74) is 3.14. The van der Waals surface area contributed by atoms with E-state index in [1.807, 2.05) is 23.0 Å². The monoisotopic (exact) mass is 279 g/mol. The van der Waals surface area contributed by atoms with Crippen molar-refractivity contribution in [3.8, 4) is 0 Å². The van der Waals surface area contributed by atoms with Crippen molar-refractivity contribution in [2.45, 2.75) is 26.3 Å². The van der Waals surface area contributed by atoms with E-state index in [1.54, 1.807) is 13.7 Å². The second kappa shape index (κ2) is 6.10. The minimum atomic E-state index is -0.538. The Morgan fingerprint density at radius 1 is 1.42 bits per heavy atom. The maximum Gasteiger partial charge on any atom is 0.376 e. The molecule has 0 bridgehead atoms. The quantitative estimate of drug-likeness (QED) is 0.836. The van der Waals surface area contributed by atoms with E-state index in [-0.39, 0.29) is 0 Å². The summed E-state index contributed by atoms with van der Waals surface area (Å²) in [5.74, 6) is 0. The van der Waals surface area contributed by atoms with Crippen LogP contribution in [0.5, 0.6) is 0 Å². The van der Waals surface area contributed by atoms with Crippen LogP contribution in [0.25, 0.3) is 5.57 Å². The highest BCUT2D eigenvalue weighted by atomic mass is 35.5. The lowest BCUT2D eigenvalue weighted by Crippen LogP contribution is -2.39. The van der Waals surface area contributed by atoms with Crippen molar-refractivity contribution in [1.29, 1.82) is 0 Å². The maximum atomic E-state index is 9.86. The Morgan fingerprint density at radius 2 is 2.16 bits per heavy atom. The minimum absolute atomic E-state index is 0.417. The normalized spacial score (nSPS) is 18.1. The minimum Gasteiger partial charge on any atom is -0.437 e. The fourth-order valence-electron chi connectivity index (χ4n) is 2.44.